The number of nitrogens with one attached hydrogen (secondary N) is 1. The van der Waals surface area contributed by atoms with Gasteiger partial charge in [0.25, 0.3) is 0 Å². The molecule has 2 heterocycles. The van der Waals surface area contributed by atoms with Gasteiger partial charge in [-0.25, -0.2) is 4.98 Å². The quantitative estimate of drug-likeness (QED) is 0.441. The van der Waals surface area contributed by atoms with Gasteiger partial charge in [0.1, 0.15) is 5.76 Å². The highest BCUT2D eigenvalue weighted by atomic mass is 127. The average Bonchev–Trinajstić information content (AvgIpc) is 3.04. The van der Waals surface area contributed by atoms with Crippen molar-refractivity contribution < 1.29 is 4.42 Å². The second kappa shape index (κ2) is 6.99. The fourth-order valence-corrected chi connectivity index (χ4v) is 3.43. The van der Waals surface area contributed by atoms with Gasteiger partial charge >= 0.3 is 0 Å². The fraction of sp³-hybridized carbons (Fsp3) is 0.765. The number of hydrogen-bond donors (Lipinski definition) is 1. The SMILES string of the molecule is CN=C(NCc1ncc(C(C)(C)C)o1)N1CCC2(CCC2)C1.I. The van der Waals surface area contributed by atoms with Gasteiger partial charge in [-0.3, -0.25) is 4.99 Å². The van der Waals surface area contributed by atoms with Crippen LogP contribution >= 0.6 is 24.0 Å². The van der Waals surface area contributed by atoms with E-state index in [0.717, 1.165) is 30.7 Å². The molecule has 0 unspecified atom stereocenters. The van der Waals surface area contributed by atoms with Crippen molar-refractivity contribution in [2.45, 2.75) is 58.4 Å². The van der Waals surface area contributed by atoms with Gasteiger partial charge in [-0.15, -0.1) is 24.0 Å². The third-order valence-electron chi connectivity index (χ3n) is 5.05. The van der Waals surface area contributed by atoms with Crippen LogP contribution in [0.2, 0.25) is 0 Å². The lowest BCUT2D eigenvalue weighted by molar-refractivity contribution is 0.151. The summed E-state index contributed by atoms with van der Waals surface area (Å²) in [5, 5.41) is 3.40. The van der Waals surface area contributed by atoms with Gasteiger partial charge in [0.15, 0.2) is 5.96 Å². The molecule has 0 aromatic carbocycles. The van der Waals surface area contributed by atoms with Crippen LogP contribution in [0, 0.1) is 5.41 Å². The Bertz CT molecular complexity index is 557. The standard InChI is InChI=1S/C17H28N4O.HI/c1-16(2,3)13-10-19-14(22-13)11-20-15(18-4)21-9-8-17(12-21)6-5-7-17;/h10H,5-9,11-12H2,1-4H3,(H,18,20);1H. The molecule has 1 aliphatic carbocycles. The van der Waals surface area contributed by atoms with Crippen molar-refractivity contribution in [2.24, 2.45) is 10.4 Å². The van der Waals surface area contributed by atoms with E-state index in [1.165, 1.54) is 25.7 Å². The molecule has 2 fully saturated rings. The molecule has 1 saturated carbocycles. The van der Waals surface area contributed by atoms with Crippen molar-refractivity contribution in [3.63, 3.8) is 0 Å². The Morgan fingerprint density at radius 3 is 2.61 bits per heavy atom. The summed E-state index contributed by atoms with van der Waals surface area (Å²) in [6, 6.07) is 0. The van der Waals surface area contributed by atoms with Gasteiger partial charge < -0.3 is 14.6 Å². The first kappa shape index (κ1) is 18.5. The number of likely N-dealkylation sites (tertiary alicyclic amines) is 1. The largest absolute Gasteiger partial charge is 0.443 e. The van der Waals surface area contributed by atoms with Crippen LogP contribution < -0.4 is 5.32 Å². The summed E-state index contributed by atoms with van der Waals surface area (Å²) in [5.74, 6) is 2.62. The lowest BCUT2D eigenvalue weighted by Crippen LogP contribution is -2.42. The maximum Gasteiger partial charge on any atom is 0.213 e. The van der Waals surface area contributed by atoms with E-state index < -0.39 is 0 Å². The van der Waals surface area contributed by atoms with Gasteiger partial charge in [0.05, 0.1) is 12.7 Å². The molecular formula is C17H29IN4O. The van der Waals surface area contributed by atoms with Crippen molar-refractivity contribution in [2.75, 3.05) is 20.1 Å². The van der Waals surface area contributed by atoms with Crippen LogP contribution in [-0.4, -0.2) is 36.0 Å². The van der Waals surface area contributed by atoms with E-state index in [2.05, 4.69) is 41.0 Å². The molecule has 5 nitrogen and oxygen atoms in total. The van der Waals surface area contributed by atoms with Crippen LogP contribution in [0.15, 0.2) is 15.6 Å². The first-order chi connectivity index (χ1) is 10.4. The maximum absolute atomic E-state index is 5.83. The zero-order valence-corrected chi connectivity index (χ0v) is 17.0. The number of nitrogens with zero attached hydrogens (tertiary/aromatic N) is 3. The van der Waals surface area contributed by atoms with Crippen molar-refractivity contribution in [3.8, 4) is 0 Å². The molecule has 3 rings (SSSR count). The third-order valence-corrected chi connectivity index (χ3v) is 5.05. The number of aromatic nitrogens is 1. The molecule has 130 valence electrons. The first-order valence-electron chi connectivity index (χ1n) is 8.33. The summed E-state index contributed by atoms with van der Waals surface area (Å²) < 4.78 is 5.83. The Balaban J connectivity index is 0.00000192. The van der Waals surface area contributed by atoms with Crippen molar-refractivity contribution in [1.82, 2.24) is 15.2 Å². The summed E-state index contributed by atoms with van der Waals surface area (Å²) in [6.45, 7) is 9.24. The molecular weight excluding hydrogens is 403 g/mol. The van der Waals surface area contributed by atoms with Crippen molar-refractivity contribution in [3.05, 3.63) is 17.8 Å². The molecule has 1 aromatic heterocycles. The molecule has 1 aromatic rings. The van der Waals surface area contributed by atoms with Crippen LogP contribution in [0.4, 0.5) is 0 Å². The van der Waals surface area contributed by atoms with E-state index in [9.17, 15) is 0 Å². The second-order valence-electron chi connectivity index (χ2n) is 7.79. The van der Waals surface area contributed by atoms with Gasteiger partial charge in [-0.05, 0) is 24.7 Å². The van der Waals surface area contributed by atoms with E-state index in [-0.39, 0.29) is 29.4 Å². The van der Waals surface area contributed by atoms with Crippen LogP contribution in [0.1, 0.15) is 58.1 Å². The van der Waals surface area contributed by atoms with Crippen LogP contribution in [0.5, 0.6) is 0 Å². The van der Waals surface area contributed by atoms with Crippen LogP contribution in [0.25, 0.3) is 0 Å². The number of rotatable bonds is 2. The van der Waals surface area contributed by atoms with Gasteiger partial charge in [0, 0.05) is 25.6 Å². The summed E-state index contributed by atoms with van der Waals surface area (Å²) in [4.78, 5) is 11.2. The van der Waals surface area contributed by atoms with E-state index in [1.807, 2.05) is 13.2 Å². The van der Waals surface area contributed by atoms with E-state index >= 15 is 0 Å². The van der Waals surface area contributed by atoms with Gasteiger partial charge in [-0.2, -0.15) is 0 Å². The third kappa shape index (κ3) is 4.00. The normalized spacial score (nSPS) is 20.3. The number of aliphatic imine (C=N–C) groups is 1. The Hall–Kier alpha value is -0.790. The minimum Gasteiger partial charge on any atom is -0.443 e. The molecule has 0 radical (unpaired) electrons. The molecule has 1 saturated heterocycles. The summed E-state index contributed by atoms with van der Waals surface area (Å²) in [6.07, 6.45) is 7.30. The number of hydrogen-bond acceptors (Lipinski definition) is 3. The van der Waals surface area contributed by atoms with Crippen LogP contribution in [0.3, 0.4) is 0 Å². The average molecular weight is 432 g/mol. The lowest BCUT2D eigenvalue weighted by atomic mass is 9.68. The Morgan fingerprint density at radius 1 is 1.39 bits per heavy atom. The van der Waals surface area contributed by atoms with Gasteiger partial charge in [0.2, 0.25) is 5.89 Å². The van der Waals surface area contributed by atoms with E-state index in [0.29, 0.717) is 12.0 Å². The summed E-state index contributed by atoms with van der Waals surface area (Å²) in [7, 11) is 1.85. The predicted molar refractivity (Wildman–Crippen MR) is 103 cm³/mol. The first-order valence-corrected chi connectivity index (χ1v) is 8.33. The highest BCUT2D eigenvalue weighted by molar-refractivity contribution is 14.0. The maximum atomic E-state index is 5.83. The highest BCUT2D eigenvalue weighted by Crippen LogP contribution is 2.47. The zero-order chi connectivity index (χ0) is 15.8. The predicted octanol–water partition coefficient (Wildman–Crippen LogP) is 3.54. The Morgan fingerprint density at radius 2 is 2.13 bits per heavy atom. The number of guanidine groups is 1. The van der Waals surface area contributed by atoms with E-state index in [1.54, 1.807) is 0 Å². The molecule has 1 aliphatic heterocycles. The molecule has 1 N–H and O–H groups in total. The van der Waals surface area contributed by atoms with E-state index in [4.69, 9.17) is 4.42 Å². The Labute approximate surface area is 156 Å². The molecule has 0 bridgehead atoms. The summed E-state index contributed by atoms with van der Waals surface area (Å²) in [5.41, 5.74) is 0.582. The topological polar surface area (TPSA) is 53.7 Å². The Kier molecular flexibility index (Phi) is 5.63. The van der Waals surface area contributed by atoms with Crippen molar-refractivity contribution in [1.29, 1.82) is 0 Å². The number of oxazole rings is 1. The van der Waals surface area contributed by atoms with Gasteiger partial charge in [-0.1, -0.05) is 27.2 Å². The molecule has 1 spiro atoms. The van der Waals surface area contributed by atoms with Crippen molar-refractivity contribution >= 4 is 29.9 Å². The molecule has 0 amide bonds. The van der Waals surface area contributed by atoms with Crippen LogP contribution in [-0.2, 0) is 12.0 Å². The minimum absolute atomic E-state index is 0. The highest BCUT2D eigenvalue weighted by Gasteiger charge is 2.43. The molecule has 2 aliphatic rings. The molecule has 23 heavy (non-hydrogen) atoms. The lowest BCUT2D eigenvalue weighted by Gasteiger charge is -2.38. The zero-order valence-electron chi connectivity index (χ0n) is 14.7. The molecule has 0 atom stereocenters. The fourth-order valence-electron chi connectivity index (χ4n) is 3.43. The summed E-state index contributed by atoms with van der Waals surface area (Å²) >= 11 is 0. The molecule has 6 heteroatoms. The number of halogens is 1. The monoisotopic (exact) mass is 432 g/mol. The minimum atomic E-state index is -0.00151. The second-order valence-corrected chi connectivity index (χ2v) is 7.79. The smallest absolute Gasteiger partial charge is 0.213 e.